The molecule has 1 heterocycles. The van der Waals surface area contributed by atoms with Crippen LogP contribution >= 0.6 is 0 Å². The molecule has 1 nitrogen and oxygen atoms in total. The topological polar surface area (TPSA) is 12.9 Å². The van der Waals surface area contributed by atoms with Crippen LogP contribution in [0.5, 0.6) is 0 Å². The van der Waals surface area contributed by atoms with Gasteiger partial charge in [-0.15, -0.1) is 0 Å². The highest BCUT2D eigenvalue weighted by molar-refractivity contribution is 5.66. The molecule has 0 aliphatic rings. The van der Waals surface area contributed by atoms with Crippen LogP contribution in [0.4, 0.5) is 0 Å². The average Bonchev–Trinajstić information content (AvgIpc) is 2.44. The summed E-state index contributed by atoms with van der Waals surface area (Å²) in [6, 6.07) is 4.51. The van der Waals surface area contributed by atoms with Crippen molar-refractivity contribution in [2.45, 2.75) is 73.6 Å². The second-order valence-electron chi connectivity index (χ2n) is 6.70. The van der Waals surface area contributed by atoms with Gasteiger partial charge in [-0.1, -0.05) is 59.6 Å². The Morgan fingerprint density at radius 1 is 1.14 bits per heavy atom. The van der Waals surface area contributed by atoms with E-state index in [4.69, 9.17) is 4.98 Å². The lowest BCUT2D eigenvalue weighted by atomic mass is 9.93. The minimum Gasteiger partial charge on any atom is -0.253 e. The van der Waals surface area contributed by atoms with Crippen molar-refractivity contribution >= 4 is 5.57 Å². The minimum atomic E-state index is 0.532. The molecule has 118 valence electrons. The van der Waals surface area contributed by atoms with Crippen LogP contribution in [0.2, 0.25) is 0 Å². The van der Waals surface area contributed by atoms with E-state index in [9.17, 15) is 0 Å². The molecule has 0 aromatic carbocycles. The number of pyridine rings is 1. The molecule has 0 atom stereocenters. The Morgan fingerprint density at radius 2 is 1.86 bits per heavy atom. The van der Waals surface area contributed by atoms with E-state index in [-0.39, 0.29) is 0 Å². The maximum Gasteiger partial charge on any atom is 0.0696 e. The van der Waals surface area contributed by atoms with Crippen LogP contribution in [0, 0.1) is 11.8 Å². The first-order valence-electron chi connectivity index (χ1n) is 8.64. The van der Waals surface area contributed by atoms with Gasteiger partial charge in [0.05, 0.1) is 5.69 Å². The highest BCUT2D eigenvalue weighted by Crippen LogP contribution is 2.26. The monoisotopic (exact) mass is 287 g/mol. The van der Waals surface area contributed by atoms with E-state index in [0.717, 1.165) is 18.8 Å². The Morgan fingerprint density at radius 3 is 2.38 bits per heavy atom. The lowest BCUT2D eigenvalue weighted by Crippen LogP contribution is -2.05. The number of allylic oxidation sites excluding steroid dienone is 2. The lowest BCUT2D eigenvalue weighted by Gasteiger charge is -2.16. The van der Waals surface area contributed by atoms with E-state index in [1.54, 1.807) is 0 Å². The maximum atomic E-state index is 4.93. The summed E-state index contributed by atoms with van der Waals surface area (Å²) in [5.74, 6) is 1.34. The minimum absolute atomic E-state index is 0.532. The summed E-state index contributed by atoms with van der Waals surface area (Å²) in [7, 11) is 0. The molecule has 0 saturated heterocycles. The SMILES string of the molecule is C/C=C(\c1nc(CC)ccc1CCCCC(C)C)C(C)C. The van der Waals surface area contributed by atoms with Crippen molar-refractivity contribution in [2.75, 3.05) is 0 Å². The van der Waals surface area contributed by atoms with Crippen molar-refractivity contribution in [1.82, 2.24) is 4.98 Å². The van der Waals surface area contributed by atoms with Gasteiger partial charge in [-0.05, 0) is 55.2 Å². The molecule has 1 rings (SSSR count). The number of nitrogens with zero attached hydrogens (tertiary/aromatic N) is 1. The number of rotatable bonds is 8. The van der Waals surface area contributed by atoms with Gasteiger partial charge in [0.1, 0.15) is 0 Å². The van der Waals surface area contributed by atoms with Crippen molar-refractivity contribution < 1.29 is 0 Å². The van der Waals surface area contributed by atoms with Crippen LogP contribution in [0.15, 0.2) is 18.2 Å². The Hall–Kier alpha value is -1.11. The highest BCUT2D eigenvalue weighted by Gasteiger charge is 2.13. The third-order valence-corrected chi connectivity index (χ3v) is 4.08. The van der Waals surface area contributed by atoms with Gasteiger partial charge in [-0.2, -0.15) is 0 Å². The number of aryl methyl sites for hydroxylation is 2. The van der Waals surface area contributed by atoms with Gasteiger partial charge < -0.3 is 0 Å². The Bertz CT molecular complexity index is 455. The molecule has 0 N–H and O–H groups in total. The summed E-state index contributed by atoms with van der Waals surface area (Å²) in [5, 5.41) is 0. The first kappa shape index (κ1) is 17.9. The summed E-state index contributed by atoms with van der Waals surface area (Å²) in [6.45, 7) is 13.5. The van der Waals surface area contributed by atoms with Crippen LogP contribution in [-0.4, -0.2) is 4.98 Å². The molecule has 0 aliphatic carbocycles. The molecule has 0 radical (unpaired) electrons. The molecular formula is C20H33N. The van der Waals surface area contributed by atoms with Crippen molar-refractivity contribution in [1.29, 1.82) is 0 Å². The molecule has 0 amide bonds. The van der Waals surface area contributed by atoms with Crippen LogP contribution < -0.4 is 0 Å². The fourth-order valence-corrected chi connectivity index (χ4v) is 2.79. The van der Waals surface area contributed by atoms with Crippen molar-refractivity contribution in [3.63, 3.8) is 0 Å². The third kappa shape index (κ3) is 5.65. The zero-order valence-corrected chi connectivity index (χ0v) is 14.9. The molecule has 21 heavy (non-hydrogen) atoms. The van der Waals surface area contributed by atoms with Crippen molar-refractivity contribution in [3.05, 3.63) is 35.2 Å². The molecule has 0 bridgehead atoms. The molecule has 0 spiro atoms. The summed E-state index contributed by atoms with van der Waals surface area (Å²) in [4.78, 5) is 4.93. The van der Waals surface area contributed by atoms with Gasteiger partial charge in [0.25, 0.3) is 0 Å². The second kappa shape index (κ2) is 9.02. The summed E-state index contributed by atoms with van der Waals surface area (Å²) >= 11 is 0. The Balaban J connectivity index is 2.92. The highest BCUT2D eigenvalue weighted by atomic mass is 14.7. The van der Waals surface area contributed by atoms with Crippen LogP contribution in [0.25, 0.3) is 5.57 Å². The molecule has 1 aromatic rings. The fourth-order valence-electron chi connectivity index (χ4n) is 2.79. The van der Waals surface area contributed by atoms with Gasteiger partial charge in [-0.25, -0.2) is 0 Å². The number of hydrogen-bond acceptors (Lipinski definition) is 1. The van der Waals surface area contributed by atoms with Gasteiger partial charge in [0.15, 0.2) is 0 Å². The number of hydrogen-bond donors (Lipinski definition) is 0. The fraction of sp³-hybridized carbons (Fsp3) is 0.650. The maximum absolute atomic E-state index is 4.93. The zero-order chi connectivity index (χ0) is 15.8. The normalized spacial score (nSPS) is 12.5. The van der Waals surface area contributed by atoms with E-state index >= 15 is 0 Å². The molecule has 0 unspecified atom stereocenters. The van der Waals surface area contributed by atoms with Crippen LogP contribution in [0.3, 0.4) is 0 Å². The Kier molecular flexibility index (Phi) is 7.71. The van der Waals surface area contributed by atoms with Crippen LogP contribution in [-0.2, 0) is 12.8 Å². The average molecular weight is 287 g/mol. The second-order valence-corrected chi connectivity index (χ2v) is 6.70. The quantitative estimate of drug-likeness (QED) is 0.529. The van der Waals surface area contributed by atoms with E-state index in [0.29, 0.717) is 5.92 Å². The van der Waals surface area contributed by atoms with E-state index in [1.807, 2.05) is 0 Å². The summed E-state index contributed by atoms with van der Waals surface area (Å²) < 4.78 is 0. The predicted octanol–water partition coefficient (Wildman–Crippen LogP) is 6.07. The molecule has 0 fully saturated rings. The molecule has 0 saturated carbocycles. The summed E-state index contributed by atoms with van der Waals surface area (Å²) in [6.07, 6.45) is 8.33. The van der Waals surface area contributed by atoms with Gasteiger partial charge in [0, 0.05) is 5.69 Å². The third-order valence-electron chi connectivity index (χ3n) is 4.08. The van der Waals surface area contributed by atoms with Crippen molar-refractivity contribution in [3.8, 4) is 0 Å². The van der Waals surface area contributed by atoms with Crippen LogP contribution in [0.1, 0.15) is 77.8 Å². The first-order chi connectivity index (χ1) is 9.99. The number of aromatic nitrogens is 1. The standard InChI is InChI=1S/C20H33N/c1-7-18-14-13-17(12-10-9-11-15(3)4)20(21-18)19(8-2)16(5)6/h8,13-16H,7,9-12H2,1-6H3/b19-8-. The van der Waals surface area contributed by atoms with Gasteiger partial charge >= 0.3 is 0 Å². The molecule has 1 heteroatoms. The smallest absolute Gasteiger partial charge is 0.0696 e. The largest absolute Gasteiger partial charge is 0.253 e. The molecular weight excluding hydrogens is 254 g/mol. The van der Waals surface area contributed by atoms with Crippen molar-refractivity contribution in [2.24, 2.45) is 11.8 Å². The van der Waals surface area contributed by atoms with E-state index < -0.39 is 0 Å². The Labute approximate surface area is 131 Å². The summed E-state index contributed by atoms with van der Waals surface area (Å²) in [5.41, 5.74) is 5.27. The molecule has 0 aliphatic heterocycles. The van der Waals surface area contributed by atoms with E-state index in [1.165, 1.54) is 41.8 Å². The first-order valence-corrected chi connectivity index (χ1v) is 8.64. The van der Waals surface area contributed by atoms with Gasteiger partial charge in [-0.3, -0.25) is 4.98 Å². The predicted molar refractivity (Wildman–Crippen MR) is 94.5 cm³/mol. The number of unbranched alkanes of at least 4 members (excludes halogenated alkanes) is 1. The zero-order valence-electron chi connectivity index (χ0n) is 14.9. The van der Waals surface area contributed by atoms with E-state index in [2.05, 4.69) is 59.8 Å². The molecule has 1 aromatic heterocycles. The lowest BCUT2D eigenvalue weighted by molar-refractivity contribution is 0.537. The van der Waals surface area contributed by atoms with Gasteiger partial charge in [0.2, 0.25) is 0 Å².